The van der Waals surface area contributed by atoms with Crippen molar-refractivity contribution in [2.75, 3.05) is 6.61 Å². The maximum absolute atomic E-state index is 9.22. The highest BCUT2D eigenvalue weighted by Crippen LogP contribution is 2.33. The number of rotatable bonds is 4. The van der Waals surface area contributed by atoms with Crippen molar-refractivity contribution < 1.29 is 5.11 Å². The minimum Gasteiger partial charge on any atom is -0.394 e. The van der Waals surface area contributed by atoms with E-state index in [1.807, 2.05) is 23.0 Å². The molecular weight excluding hydrogens is 286 g/mol. The van der Waals surface area contributed by atoms with Gasteiger partial charge in [0.1, 0.15) is 5.69 Å². The molecule has 0 aliphatic heterocycles. The minimum atomic E-state index is 0.0844. The van der Waals surface area contributed by atoms with Crippen LogP contribution < -0.4 is 0 Å². The number of aryl methyl sites for hydroxylation is 2. The molecule has 1 aliphatic rings. The Labute approximate surface area is 135 Å². The van der Waals surface area contributed by atoms with E-state index in [2.05, 4.69) is 28.3 Å². The van der Waals surface area contributed by atoms with Gasteiger partial charge in [-0.2, -0.15) is 5.10 Å². The molecule has 0 amide bonds. The van der Waals surface area contributed by atoms with Crippen LogP contribution in [0.15, 0.2) is 48.9 Å². The molecule has 0 bridgehead atoms. The third-order valence-corrected chi connectivity index (χ3v) is 4.45. The summed E-state index contributed by atoms with van der Waals surface area (Å²) in [6.07, 6.45) is 9.21. The molecular formula is C19H19N3O. The van der Waals surface area contributed by atoms with Crippen molar-refractivity contribution in [2.24, 2.45) is 0 Å². The first-order valence-electron chi connectivity index (χ1n) is 8.06. The van der Waals surface area contributed by atoms with Crippen LogP contribution in [0.3, 0.4) is 0 Å². The summed E-state index contributed by atoms with van der Waals surface area (Å²) in [5, 5.41) is 13.9. The molecule has 0 fully saturated rings. The molecule has 1 aromatic carbocycles. The van der Waals surface area contributed by atoms with E-state index in [-0.39, 0.29) is 6.61 Å². The molecule has 0 unspecified atom stereocenters. The van der Waals surface area contributed by atoms with Crippen molar-refractivity contribution in [1.29, 1.82) is 0 Å². The largest absolute Gasteiger partial charge is 0.394 e. The van der Waals surface area contributed by atoms with Gasteiger partial charge < -0.3 is 5.11 Å². The lowest BCUT2D eigenvalue weighted by Gasteiger charge is -2.05. The number of hydrogen-bond donors (Lipinski definition) is 1. The molecule has 0 atom stereocenters. The second-order valence-corrected chi connectivity index (χ2v) is 5.95. The maximum atomic E-state index is 9.22. The van der Waals surface area contributed by atoms with Gasteiger partial charge >= 0.3 is 0 Å². The third kappa shape index (κ3) is 2.66. The Hall–Kier alpha value is -2.46. The summed E-state index contributed by atoms with van der Waals surface area (Å²) in [6.45, 7) is 0.587. The smallest absolute Gasteiger partial charge is 0.100 e. The average molecular weight is 305 g/mol. The number of aliphatic hydroxyl groups excluding tert-OH is 1. The normalized spacial score (nSPS) is 13.3. The molecule has 0 saturated carbocycles. The van der Waals surface area contributed by atoms with Crippen LogP contribution in [0, 0.1) is 0 Å². The van der Waals surface area contributed by atoms with E-state index in [0.717, 1.165) is 16.8 Å². The summed E-state index contributed by atoms with van der Waals surface area (Å²) in [7, 11) is 0. The van der Waals surface area contributed by atoms with E-state index in [1.165, 1.54) is 36.0 Å². The Balaban J connectivity index is 1.83. The fourth-order valence-corrected chi connectivity index (χ4v) is 3.31. The zero-order valence-corrected chi connectivity index (χ0v) is 12.9. The highest BCUT2D eigenvalue weighted by molar-refractivity contribution is 5.80. The van der Waals surface area contributed by atoms with E-state index < -0.39 is 0 Å². The van der Waals surface area contributed by atoms with Gasteiger partial charge in [-0.3, -0.25) is 9.67 Å². The Bertz CT molecular complexity index is 824. The highest BCUT2D eigenvalue weighted by Gasteiger charge is 2.16. The lowest BCUT2D eigenvalue weighted by molar-refractivity contribution is 0.269. The topological polar surface area (TPSA) is 50.9 Å². The highest BCUT2D eigenvalue weighted by atomic mass is 16.3. The van der Waals surface area contributed by atoms with Gasteiger partial charge in [0.15, 0.2) is 0 Å². The molecule has 4 rings (SSSR count). The fourth-order valence-electron chi connectivity index (χ4n) is 3.31. The van der Waals surface area contributed by atoms with Gasteiger partial charge in [0, 0.05) is 29.7 Å². The SMILES string of the molecule is OCCn1cc(-c2ccc3c(c2)CCC3)c(-c2ccncc2)n1. The van der Waals surface area contributed by atoms with Gasteiger partial charge in [0.05, 0.1) is 13.2 Å². The van der Waals surface area contributed by atoms with Crippen molar-refractivity contribution >= 4 is 0 Å². The van der Waals surface area contributed by atoms with Crippen molar-refractivity contribution in [2.45, 2.75) is 25.8 Å². The third-order valence-electron chi connectivity index (χ3n) is 4.45. The molecule has 2 heterocycles. The predicted molar refractivity (Wildman–Crippen MR) is 90.0 cm³/mol. The van der Waals surface area contributed by atoms with Crippen molar-refractivity contribution in [1.82, 2.24) is 14.8 Å². The number of hydrogen-bond acceptors (Lipinski definition) is 3. The predicted octanol–water partition coefficient (Wildman–Crippen LogP) is 3.09. The quantitative estimate of drug-likeness (QED) is 0.806. The molecule has 3 aromatic rings. The van der Waals surface area contributed by atoms with Crippen molar-refractivity contribution in [3.05, 3.63) is 60.0 Å². The van der Waals surface area contributed by atoms with E-state index in [1.54, 1.807) is 12.4 Å². The van der Waals surface area contributed by atoms with Crippen LogP contribution in [0.4, 0.5) is 0 Å². The summed E-state index contributed by atoms with van der Waals surface area (Å²) < 4.78 is 1.82. The number of aromatic nitrogens is 3. The van der Waals surface area contributed by atoms with Gasteiger partial charge in [0.2, 0.25) is 0 Å². The molecule has 1 aliphatic carbocycles. The number of aliphatic hydroxyl groups is 1. The van der Waals surface area contributed by atoms with Crippen molar-refractivity contribution in [3.63, 3.8) is 0 Å². The van der Waals surface area contributed by atoms with Crippen LogP contribution in [0.2, 0.25) is 0 Å². The first-order chi connectivity index (χ1) is 11.3. The fraction of sp³-hybridized carbons (Fsp3) is 0.263. The Morgan fingerprint density at radius 1 is 1.00 bits per heavy atom. The number of pyridine rings is 1. The monoisotopic (exact) mass is 305 g/mol. The minimum absolute atomic E-state index is 0.0844. The van der Waals surface area contributed by atoms with E-state index in [0.29, 0.717) is 6.54 Å². The molecule has 23 heavy (non-hydrogen) atoms. The Morgan fingerprint density at radius 3 is 2.65 bits per heavy atom. The van der Waals surface area contributed by atoms with Crippen LogP contribution in [0.5, 0.6) is 0 Å². The van der Waals surface area contributed by atoms with Gasteiger partial charge in [0.25, 0.3) is 0 Å². The van der Waals surface area contributed by atoms with Crippen molar-refractivity contribution in [3.8, 4) is 22.4 Å². The molecule has 1 N–H and O–H groups in total. The molecule has 116 valence electrons. The van der Waals surface area contributed by atoms with E-state index >= 15 is 0 Å². The van der Waals surface area contributed by atoms with Gasteiger partial charge in [-0.1, -0.05) is 18.2 Å². The average Bonchev–Trinajstić information content (AvgIpc) is 3.22. The number of benzene rings is 1. The summed E-state index contributed by atoms with van der Waals surface area (Å²) in [4.78, 5) is 4.09. The second-order valence-electron chi connectivity index (χ2n) is 5.95. The van der Waals surface area contributed by atoms with Gasteiger partial charge in [-0.25, -0.2) is 0 Å². The maximum Gasteiger partial charge on any atom is 0.100 e. The zero-order valence-electron chi connectivity index (χ0n) is 12.9. The van der Waals surface area contributed by atoms with Crippen LogP contribution in [-0.4, -0.2) is 26.5 Å². The number of fused-ring (bicyclic) bond motifs is 1. The molecule has 4 heteroatoms. The van der Waals surface area contributed by atoms with Gasteiger partial charge in [-0.05, 0) is 48.1 Å². The lowest BCUT2D eigenvalue weighted by Crippen LogP contribution is -2.02. The lowest BCUT2D eigenvalue weighted by atomic mass is 9.99. The molecule has 0 radical (unpaired) electrons. The standard InChI is InChI=1S/C19H19N3O/c23-11-10-22-13-18(19(21-22)15-6-8-20-9-7-15)17-5-4-14-2-1-3-16(14)12-17/h4-9,12-13,23H,1-3,10-11H2. The summed E-state index contributed by atoms with van der Waals surface area (Å²) in [6, 6.07) is 10.7. The first kappa shape index (κ1) is 14.2. The number of nitrogens with zero attached hydrogens (tertiary/aromatic N) is 3. The first-order valence-corrected chi connectivity index (χ1v) is 8.06. The zero-order chi connectivity index (χ0) is 15.6. The van der Waals surface area contributed by atoms with E-state index in [4.69, 9.17) is 0 Å². The Kier molecular flexibility index (Phi) is 3.67. The van der Waals surface area contributed by atoms with Gasteiger partial charge in [-0.15, -0.1) is 0 Å². The molecule has 0 spiro atoms. The van der Waals surface area contributed by atoms with Crippen LogP contribution in [-0.2, 0) is 19.4 Å². The summed E-state index contributed by atoms with van der Waals surface area (Å²) in [5.74, 6) is 0. The Morgan fingerprint density at radius 2 is 1.83 bits per heavy atom. The van der Waals surface area contributed by atoms with Crippen LogP contribution in [0.1, 0.15) is 17.5 Å². The summed E-state index contributed by atoms with van der Waals surface area (Å²) >= 11 is 0. The molecule has 4 nitrogen and oxygen atoms in total. The second kappa shape index (κ2) is 5.97. The summed E-state index contributed by atoms with van der Waals surface area (Å²) in [5.41, 5.74) is 7.23. The van der Waals surface area contributed by atoms with Crippen LogP contribution >= 0.6 is 0 Å². The van der Waals surface area contributed by atoms with E-state index in [9.17, 15) is 5.11 Å². The van der Waals surface area contributed by atoms with Crippen LogP contribution in [0.25, 0.3) is 22.4 Å². The molecule has 0 saturated heterocycles. The molecule has 2 aromatic heterocycles.